The van der Waals surface area contributed by atoms with Gasteiger partial charge in [-0.1, -0.05) is 41.1 Å². The van der Waals surface area contributed by atoms with E-state index in [0.29, 0.717) is 0 Å². The summed E-state index contributed by atoms with van der Waals surface area (Å²) in [5, 5.41) is 3.26. The first-order valence-electron chi connectivity index (χ1n) is 6.57. The first kappa shape index (κ1) is 14.0. The highest BCUT2D eigenvalue weighted by Gasteiger charge is 2.06. The number of anilines is 1. The molecule has 4 heteroatoms. The lowest BCUT2D eigenvalue weighted by Crippen LogP contribution is -2.06. The summed E-state index contributed by atoms with van der Waals surface area (Å²) in [6, 6.07) is 10.2. The summed E-state index contributed by atoms with van der Waals surface area (Å²) in [6.45, 7) is 5.05. The predicted molar refractivity (Wildman–Crippen MR) is 82.5 cm³/mol. The van der Waals surface area contributed by atoms with E-state index >= 15 is 0 Å². The zero-order valence-electron chi connectivity index (χ0n) is 11.3. The summed E-state index contributed by atoms with van der Waals surface area (Å²) in [5.74, 6) is 1.78. The van der Waals surface area contributed by atoms with Gasteiger partial charge in [0.05, 0.1) is 0 Å². The standard InChI is InChI=1S/C15H18BrN3/c1-3-12-10-14(17-4-2)19-15(18-12)9-11-7-5-6-8-13(11)16/h5-8,10H,3-4,9H2,1-2H3,(H,17,18,19). The normalized spacial score (nSPS) is 10.5. The summed E-state index contributed by atoms with van der Waals surface area (Å²) < 4.78 is 1.10. The molecule has 100 valence electrons. The zero-order chi connectivity index (χ0) is 13.7. The minimum atomic E-state index is 0.744. The molecule has 0 amide bonds. The quantitative estimate of drug-likeness (QED) is 0.910. The van der Waals surface area contributed by atoms with Crippen LogP contribution in [0.4, 0.5) is 5.82 Å². The van der Waals surface area contributed by atoms with Gasteiger partial charge in [0.1, 0.15) is 11.6 Å². The van der Waals surface area contributed by atoms with E-state index in [0.717, 1.165) is 41.2 Å². The maximum atomic E-state index is 4.60. The molecule has 0 aliphatic carbocycles. The Morgan fingerprint density at radius 3 is 2.63 bits per heavy atom. The fourth-order valence-corrected chi connectivity index (χ4v) is 2.32. The van der Waals surface area contributed by atoms with Gasteiger partial charge in [-0.05, 0) is 25.0 Å². The van der Waals surface area contributed by atoms with Crippen LogP contribution in [-0.2, 0) is 12.8 Å². The molecule has 19 heavy (non-hydrogen) atoms. The van der Waals surface area contributed by atoms with Crippen molar-refractivity contribution in [3.05, 3.63) is 51.9 Å². The minimum Gasteiger partial charge on any atom is -0.370 e. The van der Waals surface area contributed by atoms with Crippen LogP contribution in [0.5, 0.6) is 0 Å². The van der Waals surface area contributed by atoms with E-state index in [2.05, 4.69) is 51.1 Å². The lowest BCUT2D eigenvalue weighted by molar-refractivity contribution is 0.902. The van der Waals surface area contributed by atoms with Gasteiger partial charge in [0.2, 0.25) is 0 Å². The average Bonchev–Trinajstić information content (AvgIpc) is 2.41. The molecule has 0 spiro atoms. The van der Waals surface area contributed by atoms with Crippen LogP contribution in [-0.4, -0.2) is 16.5 Å². The largest absolute Gasteiger partial charge is 0.370 e. The van der Waals surface area contributed by atoms with E-state index in [9.17, 15) is 0 Å². The van der Waals surface area contributed by atoms with Gasteiger partial charge in [-0.25, -0.2) is 9.97 Å². The number of rotatable bonds is 5. The van der Waals surface area contributed by atoms with Gasteiger partial charge in [0, 0.05) is 29.2 Å². The van der Waals surface area contributed by atoms with Crippen molar-refractivity contribution in [3.8, 4) is 0 Å². The first-order valence-corrected chi connectivity index (χ1v) is 7.36. The molecule has 0 aliphatic heterocycles. The summed E-state index contributed by atoms with van der Waals surface area (Å²) in [7, 11) is 0. The van der Waals surface area contributed by atoms with Gasteiger partial charge < -0.3 is 5.32 Å². The van der Waals surface area contributed by atoms with Crippen molar-refractivity contribution in [2.24, 2.45) is 0 Å². The number of benzene rings is 1. The highest BCUT2D eigenvalue weighted by molar-refractivity contribution is 9.10. The van der Waals surface area contributed by atoms with Crippen molar-refractivity contribution >= 4 is 21.7 Å². The minimum absolute atomic E-state index is 0.744. The van der Waals surface area contributed by atoms with Crippen LogP contribution in [0, 0.1) is 0 Å². The Hall–Kier alpha value is -1.42. The highest BCUT2D eigenvalue weighted by Crippen LogP contribution is 2.19. The number of nitrogens with one attached hydrogen (secondary N) is 1. The maximum Gasteiger partial charge on any atom is 0.135 e. The third kappa shape index (κ3) is 3.77. The molecule has 2 rings (SSSR count). The number of hydrogen-bond donors (Lipinski definition) is 1. The first-order chi connectivity index (χ1) is 9.22. The number of halogens is 1. The Morgan fingerprint density at radius 2 is 1.95 bits per heavy atom. The molecule has 1 aromatic heterocycles. The zero-order valence-corrected chi connectivity index (χ0v) is 12.9. The molecule has 0 saturated carbocycles. The van der Waals surface area contributed by atoms with Gasteiger partial charge in [-0.2, -0.15) is 0 Å². The van der Waals surface area contributed by atoms with Crippen molar-refractivity contribution < 1.29 is 0 Å². The summed E-state index contributed by atoms with van der Waals surface area (Å²) in [4.78, 5) is 9.16. The predicted octanol–water partition coefficient (Wildman–Crippen LogP) is 3.82. The molecular formula is C15H18BrN3. The molecule has 0 saturated heterocycles. The molecular weight excluding hydrogens is 302 g/mol. The van der Waals surface area contributed by atoms with Crippen molar-refractivity contribution in [2.75, 3.05) is 11.9 Å². The van der Waals surface area contributed by atoms with E-state index in [-0.39, 0.29) is 0 Å². The van der Waals surface area contributed by atoms with Crippen LogP contribution in [0.3, 0.4) is 0 Å². The monoisotopic (exact) mass is 319 g/mol. The molecule has 0 bridgehead atoms. The van der Waals surface area contributed by atoms with Gasteiger partial charge in [0.15, 0.2) is 0 Å². The van der Waals surface area contributed by atoms with E-state index in [1.165, 1.54) is 5.56 Å². The van der Waals surface area contributed by atoms with Crippen molar-refractivity contribution in [1.82, 2.24) is 9.97 Å². The Labute approximate surface area is 122 Å². The van der Waals surface area contributed by atoms with Gasteiger partial charge in [-0.3, -0.25) is 0 Å². The van der Waals surface area contributed by atoms with Gasteiger partial charge in [-0.15, -0.1) is 0 Å². The Kier molecular flexibility index (Phi) is 4.91. The van der Waals surface area contributed by atoms with Crippen molar-refractivity contribution in [1.29, 1.82) is 0 Å². The molecule has 0 unspecified atom stereocenters. The van der Waals surface area contributed by atoms with E-state index in [4.69, 9.17) is 0 Å². The summed E-state index contributed by atoms with van der Waals surface area (Å²) >= 11 is 3.57. The summed E-state index contributed by atoms with van der Waals surface area (Å²) in [5.41, 5.74) is 2.28. The van der Waals surface area contributed by atoms with Crippen LogP contribution >= 0.6 is 15.9 Å². The smallest absolute Gasteiger partial charge is 0.135 e. The number of hydrogen-bond acceptors (Lipinski definition) is 3. The van der Waals surface area contributed by atoms with Crippen LogP contribution in [0.15, 0.2) is 34.8 Å². The van der Waals surface area contributed by atoms with Crippen molar-refractivity contribution in [3.63, 3.8) is 0 Å². The lowest BCUT2D eigenvalue weighted by Gasteiger charge is -2.09. The highest BCUT2D eigenvalue weighted by atomic mass is 79.9. The molecule has 2 aromatic rings. The average molecular weight is 320 g/mol. The van der Waals surface area contributed by atoms with E-state index in [1.54, 1.807) is 0 Å². The molecule has 0 fully saturated rings. The second kappa shape index (κ2) is 6.66. The molecule has 1 aromatic carbocycles. The number of aromatic nitrogens is 2. The second-order valence-electron chi connectivity index (χ2n) is 4.31. The molecule has 1 N–H and O–H groups in total. The number of aryl methyl sites for hydroxylation is 1. The number of nitrogens with zero attached hydrogens (tertiary/aromatic N) is 2. The Morgan fingerprint density at radius 1 is 1.16 bits per heavy atom. The Bertz CT molecular complexity index is 555. The second-order valence-corrected chi connectivity index (χ2v) is 5.17. The Balaban J connectivity index is 2.29. The van der Waals surface area contributed by atoms with E-state index < -0.39 is 0 Å². The molecule has 3 nitrogen and oxygen atoms in total. The summed E-state index contributed by atoms with van der Waals surface area (Å²) in [6.07, 6.45) is 1.66. The van der Waals surface area contributed by atoms with Crippen LogP contribution in [0.1, 0.15) is 30.9 Å². The van der Waals surface area contributed by atoms with Gasteiger partial charge in [0.25, 0.3) is 0 Å². The van der Waals surface area contributed by atoms with Crippen LogP contribution in [0.25, 0.3) is 0 Å². The topological polar surface area (TPSA) is 37.8 Å². The molecule has 1 heterocycles. The van der Waals surface area contributed by atoms with E-state index in [1.807, 2.05) is 24.3 Å². The molecule has 0 radical (unpaired) electrons. The fraction of sp³-hybridized carbons (Fsp3) is 0.333. The fourth-order valence-electron chi connectivity index (χ4n) is 1.90. The van der Waals surface area contributed by atoms with Crippen molar-refractivity contribution in [2.45, 2.75) is 26.7 Å². The molecule has 0 atom stereocenters. The maximum absolute atomic E-state index is 4.60. The van der Waals surface area contributed by atoms with Gasteiger partial charge >= 0.3 is 0 Å². The molecule has 0 aliphatic rings. The van der Waals surface area contributed by atoms with Crippen LogP contribution in [0.2, 0.25) is 0 Å². The van der Waals surface area contributed by atoms with Crippen LogP contribution < -0.4 is 5.32 Å². The third-order valence-corrected chi connectivity index (χ3v) is 3.63. The third-order valence-electron chi connectivity index (χ3n) is 2.85. The SMILES string of the molecule is CCNc1cc(CC)nc(Cc2ccccc2Br)n1. The lowest BCUT2D eigenvalue weighted by atomic mass is 10.1.